The van der Waals surface area contributed by atoms with Crippen LogP contribution in [0.2, 0.25) is 0 Å². The molecule has 0 saturated heterocycles. The van der Waals surface area contributed by atoms with Crippen LogP contribution in [-0.2, 0) is 0 Å². The van der Waals surface area contributed by atoms with Crippen LogP contribution in [0, 0.1) is 6.92 Å². The van der Waals surface area contributed by atoms with Gasteiger partial charge in [-0.15, -0.1) is 0 Å². The van der Waals surface area contributed by atoms with Crippen molar-refractivity contribution in [3.63, 3.8) is 0 Å². The lowest BCUT2D eigenvalue weighted by atomic mass is 9.44. The van der Waals surface area contributed by atoms with E-state index in [0.717, 1.165) is 67.1 Å². The number of anilines is 3. The summed E-state index contributed by atoms with van der Waals surface area (Å²) in [6.45, 7) is 10.4. The maximum absolute atomic E-state index is 5.23. The first-order chi connectivity index (χ1) is 41.5. The Morgan fingerprint density at radius 3 is 1.49 bits per heavy atom. The van der Waals surface area contributed by atoms with Crippen LogP contribution in [0.1, 0.15) is 38.8 Å². The van der Waals surface area contributed by atoms with Crippen LogP contribution in [0.25, 0.3) is 117 Å². The Morgan fingerprint density at radius 2 is 0.917 bits per heavy atom. The highest BCUT2D eigenvalue weighted by Crippen LogP contribution is 2.51. The van der Waals surface area contributed by atoms with E-state index in [1.165, 1.54) is 71.7 Å². The first kappa shape index (κ1) is 51.7. The summed E-state index contributed by atoms with van der Waals surface area (Å²) in [6, 6.07) is 92.5. The highest BCUT2D eigenvalue weighted by Gasteiger charge is 2.44. The van der Waals surface area contributed by atoms with Crippen molar-refractivity contribution in [3.8, 4) is 89.8 Å². The van der Waals surface area contributed by atoms with Crippen LogP contribution in [0.5, 0.6) is 0 Å². The van der Waals surface area contributed by atoms with Crippen molar-refractivity contribution in [3.05, 3.63) is 284 Å². The molecule has 2 aliphatic heterocycles. The minimum absolute atomic E-state index is 0.155. The van der Waals surface area contributed by atoms with E-state index in [1.807, 2.05) is 50.2 Å². The summed E-state index contributed by atoms with van der Waals surface area (Å²) in [6.07, 6.45) is 6.57. The number of rotatable bonds is 10. The third kappa shape index (κ3) is 8.86. The molecule has 0 saturated carbocycles. The lowest BCUT2D eigenvalue weighted by Crippen LogP contribution is -2.56. The van der Waals surface area contributed by atoms with Gasteiger partial charge in [0.1, 0.15) is 0 Å². The first-order valence-corrected chi connectivity index (χ1v) is 29.3. The van der Waals surface area contributed by atoms with Gasteiger partial charge in [0.15, 0.2) is 17.5 Å². The molecule has 11 aromatic carbocycles. The second-order valence-corrected chi connectivity index (χ2v) is 21.4. The number of hydrogen-bond acceptors (Lipinski definition) is 4. The van der Waals surface area contributed by atoms with Crippen LogP contribution in [0.3, 0.4) is 0 Å². The zero-order chi connectivity index (χ0) is 56.8. The quantitative estimate of drug-likeness (QED) is 0.101. The van der Waals surface area contributed by atoms with Gasteiger partial charge < -0.3 is 9.38 Å². The maximum Gasteiger partial charge on any atom is 0.333 e. The SMILES string of the molecule is C/C=C\C(=C/C)c1ccc2c(c1)c1cc(-c3ccccc3)cc3c1n2B1c2ccccc2N(c2cc(-c4ccccc4)cc(-c4ccccc4)c2)c2cc(-c4cccc(-c5nc(-c6ccccc6)nc(-c6ccccc6)n5)c4)c(C)c-3c21.CC. The van der Waals surface area contributed by atoms with Crippen LogP contribution >= 0.6 is 0 Å². The molecule has 0 radical (unpaired) electrons. The van der Waals surface area contributed by atoms with Crippen molar-refractivity contribution in [1.82, 2.24) is 19.4 Å². The van der Waals surface area contributed by atoms with Gasteiger partial charge in [-0.2, -0.15) is 0 Å². The van der Waals surface area contributed by atoms with E-state index >= 15 is 0 Å². The van der Waals surface area contributed by atoms with Crippen molar-refractivity contribution >= 4 is 62.2 Å². The van der Waals surface area contributed by atoms with Crippen molar-refractivity contribution in [2.45, 2.75) is 34.6 Å². The van der Waals surface area contributed by atoms with E-state index < -0.39 is 0 Å². The molecule has 2 aromatic heterocycles. The van der Waals surface area contributed by atoms with E-state index in [9.17, 15) is 0 Å². The molecule has 400 valence electrons. The van der Waals surface area contributed by atoms with Gasteiger partial charge in [-0.1, -0.05) is 226 Å². The van der Waals surface area contributed by atoms with Gasteiger partial charge in [0.05, 0.1) is 0 Å². The zero-order valence-electron chi connectivity index (χ0n) is 47.8. The summed E-state index contributed by atoms with van der Waals surface area (Å²) in [5, 5.41) is 2.48. The first-order valence-electron chi connectivity index (χ1n) is 29.3. The van der Waals surface area contributed by atoms with E-state index in [-0.39, 0.29) is 6.85 Å². The second-order valence-electron chi connectivity index (χ2n) is 21.4. The van der Waals surface area contributed by atoms with Gasteiger partial charge in [-0.25, -0.2) is 15.0 Å². The van der Waals surface area contributed by atoms with Crippen LogP contribution in [0.15, 0.2) is 273 Å². The monoisotopic (exact) mass is 1080 g/mol. The van der Waals surface area contributed by atoms with E-state index in [0.29, 0.717) is 17.5 Å². The molecule has 0 atom stereocenters. The maximum atomic E-state index is 5.23. The molecular formula is C78H60BN5. The van der Waals surface area contributed by atoms with Gasteiger partial charge in [-0.05, 0) is 159 Å². The molecule has 0 N–H and O–H groups in total. The molecule has 0 spiro atoms. The molecule has 0 unspecified atom stereocenters. The Morgan fingerprint density at radius 1 is 0.417 bits per heavy atom. The van der Waals surface area contributed by atoms with E-state index in [4.69, 9.17) is 15.0 Å². The molecule has 15 rings (SSSR count). The number of nitrogens with zero attached hydrogens (tertiary/aromatic N) is 5. The molecule has 4 heterocycles. The minimum atomic E-state index is -0.155. The third-order valence-corrected chi connectivity index (χ3v) is 16.6. The highest BCUT2D eigenvalue weighted by molar-refractivity contribution is 6.90. The molecule has 13 aromatic rings. The lowest BCUT2D eigenvalue weighted by Gasteiger charge is -2.42. The lowest BCUT2D eigenvalue weighted by molar-refractivity contribution is 1.07. The summed E-state index contributed by atoms with van der Waals surface area (Å²) in [5.41, 5.74) is 26.4. The Hall–Kier alpha value is -10.4. The van der Waals surface area contributed by atoms with Crippen LogP contribution < -0.4 is 15.8 Å². The van der Waals surface area contributed by atoms with Gasteiger partial charge >= 0.3 is 6.85 Å². The van der Waals surface area contributed by atoms with Crippen molar-refractivity contribution in [1.29, 1.82) is 0 Å². The number of aromatic nitrogens is 4. The third-order valence-electron chi connectivity index (χ3n) is 16.6. The van der Waals surface area contributed by atoms with Crippen LogP contribution in [-0.4, -0.2) is 26.3 Å². The predicted octanol–water partition coefficient (Wildman–Crippen LogP) is 19.4. The number of hydrogen-bond donors (Lipinski definition) is 0. The smallest absolute Gasteiger partial charge is 0.333 e. The molecule has 0 bridgehead atoms. The second kappa shape index (κ2) is 21.8. The summed E-state index contributed by atoms with van der Waals surface area (Å²) in [4.78, 5) is 18.1. The largest absolute Gasteiger partial charge is 0.375 e. The van der Waals surface area contributed by atoms with Gasteiger partial charge in [0, 0.05) is 61.1 Å². The average Bonchev–Trinajstić information content (AvgIpc) is 2.48. The molecule has 6 heteroatoms. The summed E-state index contributed by atoms with van der Waals surface area (Å²) < 4.78 is 2.68. The molecule has 2 aliphatic rings. The highest BCUT2D eigenvalue weighted by atomic mass is 15.2. The molecular weight excluding hydrogens is 1020 g/mol. The molecule has 5 nitrogen and oxygen atoms in total. The Bertz CT molecular complexity index is 4590. The fraction of sp³-hybridized carbons (Fsp3) is 0.0641. The number of fused-ring (bicyclic) bond motifs is 7. The van der Waals surface area contributed by atoms with Gasteiger partial charge in [-0.3, -0.25) is 0 Å². The summed E-state index contributed by atoms with van der Waals surface area (Å²) in [7, 11) is 0. The number of allylic oxidation sites excluding steroid dienone is 4. The van der Waals surface area contributed by atoms with Crippen molar-refractivity contribution in [2.75, 3.05) is 4.90 Å². The van der Waals surface area contributed by atoms with E-state index in [1.54, 1.807) is 0 Å². The molecule has 84 heavy (non-hydrogen) atoms. The Labute approximate surface area is 492 Å². The van der Waals surface area contributed by atoms with Gasteiger partial charge in [0.25, 0.3) is 0 Å². The zero-order valence-corrected chi connectivity index (χ0v) is 47.8. The normalized spacial score (nSPS) is 12.3. The molecule has 0 aliphatic carbocycles. The Kier molecular flexibility index (Phi) is 13.4. The molecule has 0 fully saturated rings. The molecule has 0 amide bonds. The average molecular weight is 1080 g/mol. The fourth-order valence-electron chi connectivity index (χ4n) is 12.9. The van der Waals surface area contributed by atoms with Crippen LogP contribution in [0.4, 0.5) is 17.1 Å². The van der Waals surface area contributed by atoms with E-state index in [2.05, 4.69) is 267 Å². The Balaban J connectivity index is 0.00000310. The van der Waals surface area contributed by atoms with Crippen molar-refractivity contribution < 1.29 is 0 Å². The summed E-state index contributed by atoms with van der Waals surface area (Å²) in [5.74, 6) is 1.88. The standard InChI is InChI=1S/C76H54BN5.C2H6/c1-4-24-50(5-2)56-39-40-68-64(45-56)65-46-61(53-29-15-8-16-30-53)47-66-71-49(3)63(57-35-23-36-58(41-57)76-79-74(54-31-17-9-18-32-54)78-75(80-76)55-33-19-10-20-34-55)48-70-72(71)77(82(68)73(65)66)67-37-21-22-38-69(67)81(70)62-43-59(51-25-11-6-12-26-51)42-60(44-62)52-27-13-7-14-28-52;1-2/h4-48H,1-3H3;1-2H3/b24-4-,50-5+;. The fourth-order valence-corrected chi connectivity index (χ4v) is 12.9. The topological polar surface area (TPSA) is 46.8 Å². The number of para-hydroxylation sites is 1. The number of benzene rings is 11. The van der Waals surface area contributed by atoms with Crippen molar-refractivity contribution in [2.24, 2.45) is 0 Å². The predicted molar refractivity (Wildman–Crippen MR) is 356 cm³/mol. The van der Waals surface area contributed by atoms with Gasteiger partial charge in [0.2, 0.25) is 0 Å². The minimum Gasteiger partial charge on any atom is -0.375 e. The summed E-state index contributed by atoms with van der Waals surface area (Å²) >= 11 is 0.